The minimum Gasteiger partial charge on any atom is -0.341 e. The second kappa shape index (κ2) is 5.88. The lowest BCUT2D eigenvalue weighted by atomic mass is 9.97. The predicted molar refractivity (Wildman–Crippen MR) is 99.6 cm³/mol. The number of carbonyl (C=O) groups excluding carboxylic acids is 1. The topological polar surface area (TPSA) is 35.5 Å². The molecule has 1 spiro atoms. The molecule has 1 aromatic carbocycles. The van der Waals surface area contributed by atoms with E-state index < -0.39 is 5.79 Å². The fraction of sp³-hybridized carbons (Fsp3) is 0.250. The van der Waals surface area contributed by atoms with Crippen LogP contribution in [0.1, 0.15) is 31.2 Å². The first kappa shape index (κ1) is 15.5. The molecule has 4 heterocycles. The highest BCUT2D eigenvalue weighted by atomic mass is 32.1. The fourth-order valence-corrected chi connectivity index (χ4v) is 6.05. The van der Waals surface area contributed by atoms with Gasteiger partial charge in [-0.25, -0.2) is 0 Å². The molecule has 2 aromatic heterocycles. The molecule has 1 unspecified atom stereocenters. The Morgan fingerprint density at radius 2 is 1.72 bits per heavy atom. The van der Waals surface area contributed by atoms with Crippen molar-refractivity contribution < 1.29 is 14.3 Å². The van der Waals surface area contributed by atoms with Gasteiger partial charge in [-0.1, -0.05) is 24.3 Å². The van der Waals surface area contributed by atoms with E-state index in [4.69, 9.17) is 9.47 Å². The molecule has 3 aromatic rings. The smallest absolute Gasteiger partial charge is 0.241 e. The molecular formula is C20H16O3S2. The Labute approximate surface area is 153 Å². The second-order valence-corrected chi connectivity index (χ2v) is 8.26. The number of ether oxygens (including phenoxy) is 2. The van der Waals surface area contributed by atoms with Gasteiger partial charge >= 0.3 is 0 Å². The van der Waals surface area contributed by atoms with Gasteiger partial charge in [-0.05, 0) is 47.0 Å². The minimum absolute atomic E-state index is 0.671. The van der Waals surface area contributed by atoms with E-state index in [1.165, 1.54) is 25.8 Å². The summed E-state index contributed by atoms with van der Waals surface area (Å²) in [5, 5.41) is 2.13. The molecular weight excluding hydrogens is 352 g/mol. The molecule has 0 saturated carbocycles. The van der Waals surface area contributed by atoms with Gasteiger partial charge in [-0.2, -0.15) is 0 Å². The summed E-state index contributed by atoms with van der Waals surface area (Å²) in [4.78, 5) is 14.4. The monoisotopic (exact) mass is 368 g/mol. The molecule has 5 rings (SSSR count). The van der Waals surface area contributed by atoms with E-state index in [1.54, 1.807) is 22.7 Å². The van der Waals surface area contributed by atoms with Gasteiger partial charge in [-0.3, -0.25) is 4.79 Å². The Balaban J connectivity index is 1.63. The molecule has 2 aliphatic heterocycles. The summed E-state index contributed by atoms with van der Waals surface area (Å²) in [6.07, 6.45) is 2.73. The van der Waals surface area contributed by atoms with Crippen LogP contribution in [0.4, 0.5) is 0 Å². The summed E-state index contributed by atoms with van der Waals surface area (Å²) in [6.45, 7) is 1.36. The third-order valence-electron chi connectivity index (χ3n) is 4.84. The van der Waals surface area contributed by atoms with Crippen molar-refractivity contribution in [3.8, 4) is 10.4 Å². The van der Waals surface area contributed by atoms with Crippen LogP contribution >= 0.6 is 22.7 Å². The molecule has 1 atom stereocenters. The normalized spacial score (nSPS) is 21.8. The molecule has 0 aliphatic carbocycles. The van der Waals surface area contributed by atoms with E-state index in [-0.39, 0.29) is 0 Å². The highest BCUT2D eigenvalue weighted by molar-refractivity contribution is 7.16. The van der Waals surface area contributed by atoms with Crippen LogP contribution in [0, 0.1) is 0 Å². The average molecular weight is 368 g/mol. The van der Waals surface area contributed by atoms with Gasteiger partial charge in [0.25, 0.3) is 0 Å². The lowest BCUT2D eigenvalue weighted by Gasteiger charge is -2.39. The summed E-state index contributed by atoms with van der Waals surface area (Å²) >= 11 is 3.46. The van der Waals surface area contributed by atoms with Gasteiger partial charge in [0.05, 0.1) is 23.0 Å². The van der Waals surface area contributed by atoms with E-state index >= 15 is 0 Å². The highest BCUT2D eigenvalue weighted by Crippen LogP contribution is 2.50. The van der Waals surface area contributed by atoms with Gasteiger partial charge in [-0.15, -0.1) is 22.7 Å². The first-order chi connectivity index (χ1) is 12.3. The maximum absolute atomic E-state index is 10.9. The molecule has 5 heteroatoms. The van der Waals surface area contributed by atoms with Crippen molar-refractivity contribution >= 4 is 29.0 Å². The number of thiophene rings is 2. The number of carbonyl (C=O) groups is 1. The summed E-state index contributed by atoms with van der Waals surface area (Å²) in [6, 6.07) is 12.2. The van der Waals surface area contributed by atoms with Gasteiger partial charge < -0.3 is 9.47 Å². The molecule has 3 nitrogen and oxygen atoms in total. The summed E-state index contributed by atoms with van der Waals surface area (Å²) in [5.41, 5.74) is 4.48. The van der Waals surface area contributed by atoms with Crippen molar-refractivity contribution in [2.24, 2.45) is 0 Å². The Kier molecular flexibility index (Phi) is 3.64. The van der Waals surface area contributed by atoms with Crippen LogP contribution in [0.25, 0.3) is 10.4 Å². The molecule has 25 heavy (non-hydrogen) atoms. The van der Waals surface area contributed by atoms with Crippen LogP contribution in [0.5, 0.6) is 0 Å². The number of hydrogen-bond acceptors (Lipinski definition) is 5. The van der Waals surface area contributed by atoms with Gasteiger partial charge in [0, 0.05) is 10.4 Å². The number of aldehydes is 1. The van der Waals surface area contributed by atoms with Crippen molar-refractivity contribution in [1.82, 2.24) is 0 Å². The van der Waals surface area contributed by atoms with E-state index in [0.29, 0.717) is 18.8 Å². The Morgan fingerprint density at radius 1 is 0.960 bits per heavy atom. The number of fused-ring (bicyclic) bond motifs is 4. The van der Waals surface area contributed by atoms with Crippen LogP contribution in [0.15, 0.2) is 41.8 Å². The fourth-order valence-electron chi connectivity index (χ4n) is 3.60. The lowest BCUT2D eigenvalue weighted by molar-refractivity contribution is -0.225. The van der Waals surface area contributed by atoms with Crippen LogP contribution in [-0.4, -0.2) is 19.5 Å². The predicted octanol–water partition coefficient (Wildman–Crippen LogP) is 4.64. The minimum atomic E-state index is -0.721. The Hall–Kier alpha value is -1.79. The molecule has 0 bridgehead atoms. The maximum Gasteiger partial charge on any atom is 0.241 e. The van der Waals surface area contributed by atoms with E-state index in [9.17, 15) is 4.79 Å². The summed E-state index contributed by atoms with van der Waals surface area (Å²) in [7, 11) is 0. The number of benzene rings is 1. The maximum atomic E-state index is 10.9. The van der Waals surface area contributed by atoms with E-state index in [1.807, 2.05) is 24.3 Å². The lowest BCUT2D eigenvalue weighted by Crippen LogP contribution is -2.41. The zero-order valence-electron chi connectivity index (χ0n) is 13.5. The van der Waals surface area contributed by atoms with Crippen LogP contribution in [-0.2, 0) is 28.1 Å². The molecule has 0 amide bonds. The average Bonchev–Trinajstić information content (AvgIpc) is 3.30. The van der Waals surface area contributed by atoms with E-state index in [2.05, 4.69) is 17.5 Å². The van der Waals surface area contributed by atoms with Crippen molar-refractivity contribution in [2.75, 3.05) is 13.2 Å². The molecule has 0 saturated heterocycles. The Bertz CT molecular complexity index is 934. The van der Waals surface area contributed by atoms with Gasteiger partial charge in [0.2, 0.25) is 5.79 Å². The zero-order chi connectivity index (χ0) is 16.9. The quantitative estimate of drug-likeness (QED) is 0.619. The molecule has 0 N–H and O–H groups in total. The van der Waals surface area contributed by atoms with Crippen molar-refractivity contribution in [2.45, 2.75) is 18.6 Å². The second-order valence-electron chi connectivity index (χ2n) is 6.29. The van der Waals surface area contributed by atoms with Crippen molar-refractivity contribution in [1.29, 1.82) is 0 Å². The Morgan fingerprint density at radius 3 is 2.48 bits per heavy atom. The molecule has 2 aliphatic rings. The van der Waals surface area contributed by atoms with Crippen LogP contribution < -0.4 is 0 Å². The van der Waals surface area contributed by atoms with Gasteiger partial charge in [0.1, 0.15) is 6.29 Å². The molecule has 0 fully saturated rings. The molecule has 0 radical (unpaired) electrons. The first-order valence-electron chi connectivity index (χ1n) is 8.34. The number of hydrogen-bond donors (Lipinski definition) is 0. The third kappa shape index (κ3) is 2.34. The van der Waals surface area contributed by atoms with Crippen LogP contribution in [0.2, 0.25) is 0 Å². The number of rotatable bonds is 2. The van der Waals surface area contributed by atoms with E-state index in [0.717, 1.165) is 24.7 Å². The van der Waals surface area contributed by atoms with Gasteiger partial charge in [0.15, 0.2) is 0 Å². The third-order valence-corrected chi connectivity index (χ3v) is 7.19. The largest absolute Gasteiger partial charge is 0.341 e. The molecule has 126 valence electrons. The first-order valence-corrected chi connectivity index (χ1v) is 10.0. The highest BCUT2D eigenvalue weighted by Gasteiger charge is 2.47. The SMILES string of the molecule is O=Cc1ccc(-c2cc3c(s2)C2(OCCc4ccsc42)OCC3)cc1. The summed E-state index contributed by atoms with van der Waals surface area (Å²) < 4.78 is 12.5. The van der Waals surface area contributed by atoms with Crippen molar-refractivity contribution in [3.63, 3.8) is 0 Å². The summed E-state index contributed by atoms with van der Waals surface area (Å²) in [5.74, 6) is -0.721. The zero-order valence-corrected chi connectivity index (χ0v) is 15.1. The van der Waals surface area contributed by atoms with Crippen LogP contribution in [0.3, 0.4) is 0 Å². The standard InChI is InChI=1S/C20H16O3S2/c21-12-13-1-3-14(4-2-13)17-11-16-6-9-23-20(19(16)25-17)18-15(5-8-22-20)7-10-24-18/h1-4,7,10-12H,5-6,8-9H2. The van der Waals surface area contributed by atoms with Crippen molar-refractivity contribution in [3.05, 3.63) is 68.2 Å².